The zero-order valence-corrected chi connectivity index (χ0v) is 14.1. The third kappa shape index (κ3) is 3.70. The first-order chi connectivity index (χ1) is 11.6. The van der Waals surface area contributed by atoms with Crippen LogP contribution >= 0.6 is 11.6 Å². The van der Waals surface area contributed by atoms with Crippen LogP contribution in [0.1, 0.15) is 23.2 Å². The van der Waals surface area contributed by atoms with Crippen molar-refractivity contribution in [3.8, 4) is 0 Å². The van der Waals surface area contributed by atoms with Crippen LogP contribution in [0.4, 0.5) is 4.39 Å². The largest absolute Gasteiger partial charge is 0.378 e. The molecule has 3 rings (SSSR count). The van der Waals surface area contributed by atoms with Crippen molar-refractivity contribution in [3.63, 3.8) is 0 Å². The minimum atomic E-state index is -0.466. The van der Waals surface area contributed by atoms with Crippen molar-refractivity contribution < 1.29 is 18.7 Å². The topological polar surface area (TPSA) is 49.9 Å². The van der Waals surface area contributed by atoms with Gasteiger partial charge in [0.05, 0.1) is 23.8 Å². The lowest BCUT2D eigenvalue weighted by Gasteiger charge is -2.35. The Morgan fingerprint density at radius 3 is 2.38 bits per heavy atom. The minimum Gasteiger partial charge on any atom is -0.378 e. The zero-order valence-electron chi connectivity index (χ0n) is 13.3. The average Bonchev–Trinajstić information content (AvgIpc) is 2.61. The van der Waals surface area contributed by atoms with Crippen LogP contribution in [0.5, 0.6) is 0 Å². The molecule has 2 amide bonds. The van der Waals surface area contributed by atoms with Crippen LogP contribution in [0, 0.1) is 11.7 Å². The van der Waals surface area contributed by atoms with Crippen molar-refractivity contribution in [2.75, 3.05) is 39.4 Å². The van der Waals surface area contributed by atoms with Gasteiger partial charge in [-0.3, -0.25) is 9.59 Å². The fourth-order valence-electron chi connectivity index (χ4n) is 3.20. The molecule has 1 aromatic rings. The van der Waals surface area contributed by atoms with Gasteiger partial charge in [-0.05, 0) is 31.0 Å². The number of morpholine rings is 1. The maximum atomic E-state index is 13.1. The highest BCUT2D eigenvalue weighted by molar-refractivity contribution is 6.33. The molecule has 0 aromatic heterocycles. The van der Waals surface area contributed by atoms with E-state index in [2.05, 4.69) is 0 Å². The number of carbonyl (C=O) groups is 2. The molecule has 130 valence electrons. The molecule has 2 aliphatic heterocycles. The lowest BCUT2D eigenvalue weighted by atomic mass is 9.94. The lowest BCUT2D eigenvalue weighted by molar-refractivity contribution is -0.141. The Balaban J connectivity index is 1.58. The van der Waals surface area contributed by atoms with Gasteiger partial charge < -0.3 is 14.5 Å². The standard InChI is InChI=1S/C17H20ClFN2O3/c18-15-11-13(19)1-2-14(15)17(23)20-5-3-12(4-6-20)16(22)21-7-9-24-10-8-21/h1-2,11-12H,3-10H2. The number of carbonyl (C=O) groups excluding carboxylic acids is 2. The fourth-order valence-corrected chi connectivity index (χ4v) is 3.45. The maximum absolute atomic E-state index is 13.1. The SMILES string of the molecule is O=C(c1ccc(F)cc1Cl)N1CCC(C(=O)N2CCOCC2)CC1. The Morgan fingerprint density at radius 1 is 1.08 bits per heavy atom. The summed E-state index contributed by atoms with van der Waals surface area (Å²) in [6.45, 7) is 3.48. The summed E-state index contributed by atoms with van der Waals surface area (Å²) in [7, 11) is 0. The Labute approximate surface area is 145 Å². The van der Waals surface area contributed by atoms with E-state index in [1.807, 2.05) is 4.90 Å². The van der Waals surface area contributed by atoms with E-state index >= 15 is 0 Å². The van der Waals surface area contributed by atoms with Gasteiger partial charge in [-0.2, -0.15) is 0 Å². The molecule has 1 aromatic carbocycles. The highest BCUT2D eigenvalue weighted by Crippen LogP contribution is 2.24. The third-order valence-corrected chi connectivity index (χ3v) is 4.93. The summed E-state index contributed by atoms with van der Waals surface area (Å²) in [6, 6.07) is 3.78. The zero-order chi connectivity index (χ0) is 17.1. The van der Waals surface area contributed by atoms with E-state index in [0.717, 1.165) is 6.07 Å². The molecule has 0 spiro atoms. The number of piperidine rings is 1. The molecule has 0 radical (unpaired) electrons. The van der Waals surface area contributed by atoms with E-state index in [1.54, 1.807) is 4.90 Å². The Hall–Kier alpha value is -1.66. The highest BCUT2D eigenvalue weighted by atomic mass is 35.5. The van der Waals surface area contributed by atoms with E-state index < -0.39 is 5.82 Å². The second-order valence-electron chi connectivity index (χ2n) is 6.13. The van der Waals surface area contributed by atoms with Crippen molar-refractivity contribution >= 4 is 23.4 Å². The molecule has 5 nitrogen and oxygen atoms in total. The van der Waals surface area contributed by atoms with Crippen LogP contribution in [0.25, 0.3) is 0 Å². The predicted octanol–water partition coefficient (Wildman–Crippen LogP) is 2.19. The Morgan fingerprint density at radius 2 is 1.75 bits per heavy atom. The molecular weight excluding hydrogens is 335 g/mol. The molecule has 7 heteroatoms. The van der Waals surface area contributed by atoms with Crippen LogP contribution in [-0.4, -0.2) is 61.0 Å². The second-order valence-corrected chi connectivity index (χ2v) is 6.54. The van der Waals surface area contributed by atoms with Crippen molar-refractivity contribution in [3.05, 3.63) is 34.6 Å². The van der Waals surface area contributed by atoms with Gasteiger partial charge in [0.15, 0.2) is 0 Å². The van der Waals surface area contributed by atoms with Gasteiger partial charge in [-0.25, -0.2) is 4.39 Å². The van der Waals surface area contributed by atoms with Gasteiger partial charge in [0.1, 0.15) is 5.82 Å². The summed E-state index contributed by atoms with van der Waals surface area (Å²) in [6.07, 6.45) is 1.28. The van der Waals surface area contributed by atoms with Crippen molar-refractivity contribution in [2.45, 2.75) is 12.8 Å². The van der Waals surface area contributed by atoms with Crippen LogP contribution in [0.2, 0.25) is 5.02 Å². The van der Waals surface area contributed by atoms with E-state index in [4.69, 9.17) is 16.3 Å². The van der Waals surface area contributed by atoms with Crippen LogP contribution in [0.15, 0.2) is 18.2 Å². The monoisotopic (exact) mass is 354 g/mol. The number of hydrogen-bond donors (Lipinski definition) is 0. The first-order valence-corrected chi connectivity index (χ1v) is 8.55. The van der Waals surface area contributed by atoms with Gasteiger partial charge in [0.25, 0.3) is 5.91 Å². The molecule has 2 heterocycles. The predicted molar refractivity (Wildman–Crippen MR) is 87.4 cm³/mol. The summed E-state index contributed by atoms with van der Waals surface area (Å²) >= 11 is 5.96. The van der Waals surface area contributed by atoms with Crippen LogP contribution in [-0.2, 0) is 9.53 Å². The molecule has 2 fully saturated rings. The quantitative estimate of drug-likeness (QED) is 0.818. The fraction of sp³-hybridized carbons (Fsp3) is 0.529. The Bertz CT molecular complexity index is 626. The van der Waals surface area contributed by atoms with Crippen molar-refractivity contribution in [2.24, 2.45) is 5.92 Å². The number of rotatable bonds is 2. The van der Waals surface area contributed by atoms with Gasteiger partial charge in [0.2, 0.25) is 5.91 Å². The first-order valence-electron chi connectivity index (χ1n) is 8.17. The van der Waals surface area contributed by atoms with Gasteiger partial charge >= 0.3 is 0 Å². The van der Waals surface area contributed by atoms with E-state index in [1.165, 1.54) is 12.1 Å². The summed E-state index contributed by atoms with van der Waals surface area (Å²) in [4.78, 5) is 28.5. The van der Waals surface area contributed by atoms with E-state index in [-0.39, 0.29) is 22.8 Å². The Kier molecular flexibility index (Phi) is 5.36. The smallest absolute Gasteiger partial charge is 0.255 e. The van der Waals surface area contributed by atoms with Crippen LogP contribution in [0.3, 0.4) is 0 Å². The molecule has 2 saturated heterocycles. The second kappa shape index (κ2) is 7.49. The number of amides is 2. The van der Waals surface area contributed by atoms with E-state index in [0.29, 0.717) is 57.8 Å². The van der Waals surface area contributed by atoms with Gasteiger partial charge in [-0.15, -0.1) is 0 Å². The number of nitrogens with zero attached hydrogens (tertiary/aromatic N) is 2. The van der Waals surface area contributed by atoms with Crippen LogP contribution < -0.4 is 0 Å². The molecular formula is C17H20ClFN2O3. The number of ether oxygens (including phenoxy) is 1. The molecule has 2 aliphatic rings. The number of benzene rings is 1. The molecule has 0 unspecified atom stereocenters. The average molecular weight is 355 g/mol. The summed E-state index contributed by atoms with van der Waals surface area (Å²) in [5, 5.41) is 0.117. The van der Waals surface area contributed by atoms with Gasteiger partial charge in [0, 0.05) is 32.1 Å². The summed E-state index contributed by atoms with van der Waals surface area (Å²) < 4.78 is 18.4. The van der Waals surface area contributed by atoms with Crippen molar-refractivity contribution in [1.82, 2.24) is 9.80 Å². The molecule has 0 N–H and O–H groups in total. The van der Waals surface area contributed by atoms with Crippen molar-refractivity contribution in [1.29, 1.82) is 0 Å². The molecule has 0 saturated carbocycles. The normalized spacial score (nSPS) is 19.4. The number of hydrogen-bond acceptors (Lipinski definition) is 3. The van der Waals surface area contributed by atoms with E-state index in [9.17, 15) is 14.0 Å². The minimum absolute atomic E-state index is 0.0455. The highest BCUT2D eigenvalue weighted by Gasteiger charge is 2.31. The lowest BCUT2D eigenvalue weighted by Crippen LogP contribution is -2.47. The molecule has 0 bridgehead atoms. The summed E-state index contributed by atoms with van der Waals surface area (Å²) in [5.41, 5.74) is 0.302. The maximum Gasteiger partial charge on any atom is 0.255 e. The number of halogens is 2. The third-order valence-electron chi connectivity index (χ3n) is 4.62. The van der Waals surface area contributed by atoms with Gasteiger partial charge in [-0.1, -0.05) is 11.6 Å². The summed E-state index contributed by atoms with van der Waals surface area (Å²) in [5.74, 6) is -0.565. The molecule has 0 atom stereocenters. The first kappa shape index (κ1) is 17.2. The molecule has 24 heavy (non-hydrogen) atoms. The molecule has 0 aliphatic carbocycles. The number of likely N-dealkylation sites (tertiary alicyclic amines) is 1.